The van der Waals surface area contributed by atoms with Gasteiger partial charge >= 0.3 is 12.1 Å². The van der Waals surface area contributed by atoms with Crippen LogP contribution in [0.3, 0.4) is 0 Å². The summed E-state index contributed by atoms with van der Waals surface area (Å²) >= 11 is 0. The van der Waals surface area contributed by atoms with E-state index in [4.69, 9.17) is 9.84 Å². The number of aryl methyl sites for hydroxylation is 1. The fourth-order valence-electron chi connectivity index (χ4n) is 3.87. The summed E-state index contributed by atoms with van der Waals surface area (Å²) in [5.41, 5.74) is 4.38. The minimum absolute atomic E-state index is 0.0348. The number of aromatic carboxylic acids is 1. The van der Waals surface area contributed by atoms with Crippen LogP contribution in [-0.2, 0) is 16.6 Å². The van der Waals surface area contributed by atoms with E-state index >= 15 is 0 Å². The molecule has 3 N–H and O–H groups in total. The van der Waals surface area contributed by atoms with Gasteiger partial charge in [0.25, 0.3) is 0 Å². The number of aromatic nitrogens is 2. The minimum Gasteiger partial charge on any atom is -0.476 e. The molecule has 0 bridgehead atoms. The normalized spacial score (nSPS) is 12.3. The monoisotopic (exact) mass is 446 g/mol. The van der Waals surface area contributed by atoms with E-state index in [9.17, 15) is 14.4 Å². The zero-order valence-electron chi connectivity index (χ0n) is 17.8. The maximum atomic E-state index is 12.1. The first-order valence-corrected chi connectivity index (χ1v) is 10.3. The Balaban J connectivity index is 1.27. The average molecular weight is 446 g/mol. The Kier molecular flexibility index (Phi) is 6.21. The molecule has 0 fully saturated rings. The summed E-state index contributed by atoms with van der Waals surface area (Å²) in [7, 11) is 1.55. The smallest absolute Gasteiger partial charge is 0.407 e. The molecule has 9 heteroatoms. The van der Waals surface area contributed by atoms with Crippen molar-refractivity contribution in [3.8, 4) is 11.1 Å². The van der Waals surface area contributed by atoms with Gasteiger partial charge in [-0.3, -0.25) is 9.48 Å². The van der Waals surface area contributed by atoms with Gasteiger partial charge in [0.1, 0.15) is 6.61 Å². The van der Waals surface area contributed by atoms with Crippen LogP contribution in [0.15, 0.2) is 66.9 Å². The lowest BCUT2D eigenvalue weighted by atomic mass is 9.98. The highest BCUT2D eigenvalue weighted by atomic mass is 16.5. The van der Waals surface area contributed by atoms with Crippen molar-refractivity contribution in [3.05, 3.63) is 83.7 Å². The van der Waals surface area contributed by atoms with Crippen LogP contribution in [0.5, 0.6) is 0 Å². The number of nitrogens with zero attached hydrogens (tertiary/aromatic N) is 2. The molecule has 9 nitrogen and oxygen atoms in total. The van der Waals surface area contributed by atoms with Crippen molar-refractivity contribution in [1.29, 1.82) is 0 Å². The number of hydrogen-bond acceptors (Lipinski definition) is 5. The Morgan fingerprint density at radius 3 is 2.36 bits per heavy atom. The molecule has 4 rings (SSSR count). The highest BCUT2D eigenvalue weighted by Crippen LogP contribution is 2.44. The van der Waals surface area contributed by atoms with Gasteiger partial charge in [-0.15, -0.1) is 0 Å². The molecule has 0 saturated carbocycles. The fraction of sp³-hybridized carbons (Fsp3) is 0.167. The second kappa shape index (κ2) is 9.39. The maximum absolute atomic E-state index is 12.1. The van der Waals surface area contributed by atoms with Crippen molar-refractivity contribution >= 4 is 23.7 Å². The van der Waals surface area contributed by atoms with Gasteiger partial charge in [-0.1, -0.05) is 54.6 Å². The number of ether oxygens (including phenoxy) is 1. The van der Waals surface area contributed by atoms with Gasteiger partial charge in [0.05, 0.1) is 5.69 Å². The molecule has 1 aliphatic carbocycles. The van der Waals surface area contributed by atoms with Gasteiger partial charge in [0.2, 0.25) is 5.91 Å². The van der Waals surface area contributed by atoms with Crippen molar-refractivity contribution in [3.63, 3.8) is 0 Å². The molecule has 0 saturated heterocycles. The van der Waals surface area contributed by atoms with Crippen LogP contribution in [0, 0.1) is 0 Å². The third kappa shape index (κ3) is 4.77. The lowest BCUT2D eigenvalue weighted by Gasteiger charge is -2.14. The number of alkyl carbamates (subject to hydrolysis) is 1. The van der Waals surface area contributed by atoms with Crippen molar-refractivity contribution in [2.24, 2.45) is 7.05 Å². The second-order valence-electron chi connectivity index (χ2n) is 7.47. The molecule has 0 unspecified atom stereocenters. The van der Waals surface area contributed by atoms with E-state index in [1.54, 1.807) is 7.05 Å². The van der Waals surface area contributed by atoms with E-state index in [2.05, 4.69) is 27.9 Å². The topological polar surface area (TPSA) is 123 Å². The molecule has 1 aliphatic rings. The Morgan fingerprint density at radius 1 is 1.09 bits per heavy atom. The first kappa shape index (κ1) is 21.8. The van der Waals surface area contributed by atoms with Gasteiger partial charge in [0.15, 0.2) is 5.69 Å². The molecule has 0 atom stereocenters. The van der Waals surface area contributed by atoms with E-state index in [0.29, 0.717) is 0 Å². The van der Waals surface area contributed by atoms with E-state index in [1.807, 2.05) is 36.4 Å². The summed E-state index contributed by atoms with van der Waals surface area (Å²) in [4.78, 5) is 35.3. The van der Waals surface area contributed by atoms with Gasteiger partial charge in [-0.25, -0.2) is 9.59 Å². The summed E-state index contributed by atoms with van der Waals surface area (Å²) in [5, 5.41) is 17.9. The van der Waals surface area contributed by atoms with Gasteiger partial charge in [-0.2, -0.15) is 5.10 Å². The summed E-state index contributed by atoms with van der Waals surface area (Å²) in [6.45, 7) is 0.270. The van der Waals surface area contributed by atoms with Crippen molar-refractivity contribution in [1.82, 2.24) is 15.1 Å². The lowest BCUT2D eigenvalue weighted by molar-refractivity contribution is -0.111. The first-order chi connectivity index (χ1) is 15.9. The summed E-state index contributed by atoms with van der Waals surface area (Å²) in [6.07, 6.45) is 3.43. The van der Waals surface area contributed by atoms with Crippen LogP contribution >= 0.6 is 0 Å². The number of rotatable bonds is 7. The molecule has 0 radical (unpaired) electrons. The Bertz CT molecular complexity index is 1200. The Morgan fingerprint density at radius 2 is 1.73 bits per heavy atom. The predicted octanol–water partition coefficient (Wildman–Crippen LogP) is 3.15. The second-order valence-corrected chi connectivity index (χ2v) is 7.47. The number of fused-ring (bicyclic) bond motifs is 3. The quantitative estimate of drug-likeness (QED) is 0.479. The highest BCUT2D eigenvalue weighted by molar-refractivity contribution is 6.03. The number of amides is 2. The van der Waals surface area contributed by atoms with Gasteiger partial charge in [-0.05, 0) is 22.3 Å². The molecular weight excluding hydrogens is 424 g/mol. The van der Waals surface area contributed by atoms with Crippen LogP contribution < -0.4 is 10.6 Å². The molecule has 0 aliphatic heterocycles. The van der Waals surface area contributed by atoms with Crippen molar-refractivity contribution < 1.29 is 24.2 Å². The molecule has 2 amide bonds. The fourth-order valence-corrected chi connectivity index (χ4v) is 3.87. The number of benzene rings is 2. The largest absolute Gasteiger partial charge is 0.476 e. The number of carbonyl (C=O) groups excluding carboxylic acids is 2. The molecule has 33 heavy (non-hydrogen) atoms. The molecule has 1 aromatic heterocycles. The lowest BCUT2D eigenvalue weighted by Crippen LogP contribution is -2.26. The molecular formula is C24H22N4O5. The number of hydrogen-bond donors (Lipinski definition) is 3. The third-order valence-corrected chi connectivity index (χ3v) is 5.27. The molecule has 168 valence electrons. The first-order valence-electron chi connectivity index (χ1n) is 10.3. The maximum Gasteiger partial charge on any atom is 0.407 e. The van der Waals surface area contributed by atoms with Crippen LogP contribution in [0.25, 0.3) is 11.1 Å². The zero-order valence-corrected chi connectivity index (χ0v) is 17.8. The van der Waals surface area contributed by atoms with E-state index in [-0.39, 0.29) is 30.5 Å². The number of nitrogens with one attached hydrogen (secondary N) is 2. The zero-order chi connectivity index (χ0) is 23.4. The summed E-state index contributed by atoms with van der Waals surface area (Å²) in [5.74, 6) is -1.82. The molecule has 0 spiro atoms. The number of carboxylic acid groups (broad SMARTS) is 1. The van der Waals surface area contributed by atoms with E-state index in [0.717, 1.165) is 22.3 Å². The number of carbonyl (C=O) groups is 3. The Hall–Kier alpha value is -4.40. The van der Waals surface area contributed by atoms with E-state index < -0.39 is 18.0 Å². The van der Waals surface area contributed by atoms with Gasteiger partial charge < -0.3 is 20.5 Å². The van der Waals surface area contributed by atoms with Crippen LogP contribution in [-0.4, -0.2) is 46.0 Å². The highest BCUT2D eigenvalue weighted by Gasteiger charge is 2.28. The third-order valence-electron chi connectivity index (χ3n) is 5.27. The van der Waals surface area contributed by atoms with Crippen LogP contribution in [0.4, 0.5) is 10.5 Å². The van der Waals surface area contributed by atoms with Crippen molar-refractivity contribution in [2.45, 2.75) is 5.92 Å². The summed E-state index contributed by atoms with van der Waals surface area (Å²) in [6, 6.07) is 16.1. The standard InChI is InChI=1S/C24H22N4O5/c1-28-13-20(22(27-28)23(30)31)26-21(29)11-6-12-25-24(32)33-14-19-17-9-4-2-7-15(17)16-8-3-5-10-18(16)19/h2-11,13,19H,12,14H2,1H3,(H,25,32)(H,26,29)(H,30,31)/b11-6+. The molecule has 1 heterocycles. The Labute approximate surface area is 189 Å². The molecule has 3 aromatic rings. The van der Waals surface area contributed by atoms with Crippen LogP contribution in [0.2, 0.25) is 0 Å². The van der Waals surface area contributed by atoms with Gasteiger partial charge in [0, 0.05) is 31.8 Å². The SMILES string of the molecule is Cn1cc(NC(=O)/C=C/CNC(=O)OCC2c3ccccc3-c3ccccc32)c(C(=O)O)n1. The number of carboxylic acids is 1. The van der Waals surface area contributed by atoms with Crippen molar-refractivity contribution in [2.75, 3.05) is 18.5 Å². The van der Waals surface area contributed by atoms with E-state index in [1.165, 1.54) is 23.0 Å². The predicted molar refractivity (Wildman–Crippen MR) is 121 cm³/mol. The average Bonchev–Trinajstić information content (AvgIpc) is 3.33. The summed E-state index contributed by atoms with van der Waals surface area (Å²) < 4.78 is 6.72. The van der Waals surface area contributed by atoms with Crippen LogP contribution in [0.1, 0.15) is 27.5 Å². The number of anilines is 1. The molecule has 2 aromatic carbocycles. The minimum atomic E-state index is -1.24.